The lowest BCUT2D eigenvalue weighted by Crippen LogP contribution is -2.12. The Morgan fingerprint density at radius 2 is 2.28 bits per heavy atom. The minimum Gasteiger partial charge on any atom is -0.483 e. The van der Waals surface area contributed by atoms with Crippen molar-refractivity contribution in [2.45, 2.75) is 20.4 Å². The Hall–Kier alpha value is -1.88. The number of allylic oxidation sites excluding steroid dienone is 1. The van der Waals surface area contributed by atoms with E-state index in [2.05, 4.69) is 5.32 Å². The van der Waals surface area contributed by atoms with Gasteiger partial charge in [0.2, 0.25) is 0 Å². The van der Waals surface area contributed by atoms with Crippen LogP contribution in [0.4, 0.5) is 5.69 Å². The second kappa shape index (κ2) is 7.45. The minimum absolute atomic E-state index is 0.000230. The quantitative estimate of drug-likeness (QED) is 0.459. The summed E-state index contributed by atoms with van der Waals surface area (Å²) in [4.78, 5) is 10.4. The molecule has 1 N–H and O–H groups in total. The number of rotatable bonds is 7. The molecule has 0 spiro atoms. The summed E-state index contributed by atoms with van der Waals surface area (Å²) in [7, 11) is 0. The average molecular weight is 250 g/mol. The van der Waals surface area contributed by atoms with Crippen molar-refractivity contribution in [1.82, 2.24) is 5.32 Å². The van der Waals surface area contributed by atoms with Crippen LogP contribution in [0.1, 0.15) is 19.4 Å². The van der Waals surface area contributed by atoms with Gasteiger partial charge in [0.15, 0.2) is 5.75 Å². The maximum atomic E-state index is 10.9. The topological polar surface area (TPSA) is 64.4 Å². The van der Waals surface area contributed by atoms with Gasteiger partial charge in [-0.05, 0) is 25.1 Å². The van der Waals surface area contributed by atoms with E-state index >= 15 is 0 Å². The van der Waals surface area contributed by atoms with Crippen LogP contribution in [0.2, 0.25) is 0 Å². The van der Waals surface area contributed by atoms with Gasteiger partial charge in [0.05, 0.1) is 4.92 Å². The summed E-state index contributed by atoms with van der Waals surface area (Å²) in [5, 5.41) is 14.0. The lowest BCUT2D eigenvalue weighted by molar-refractivity contribution is -0.385. The van der Waals surface area contributed by atoms with E-state index in [0.29, 0.717) is 18.9 Å². The Morgan fingerprint density at radius 3 is 2.89 bits per heavy atom. The SMILES string of the molecule is CC=CCOc1cc(CNCC)ccc1[N+](=O)[O-]. The maximum absolute atomic E-state index is 10.9. The zero-order valence-electron chi connectivity index (χ0n) is 10.7. The highest BCUT2D eigenvalue weighted by atomic mass is 16.6. The summed E-state index contributed by atoms with van der Waals surface area (Å²) in [6, 6.07) is 4.94. The molecule has 1 aromatic carbocycles. The number of nitrogens with one attached hydrogen (secondary N) is 1. The van der Waals surface area contributed by atoms with Crippen molar-refractivity contribution < 1.29 is 9.66 Å². The fourth-order valence-corrected chi connectivity index (χ4v) is 1.44. The molecule has 0 aliphatic heterocycles. The first-order valence-corrected chi connectivity index (χ1v) is 5.91. The minimum atomic E-state index is -0.429. The van der Waals surface area contributed by atoms with Gasteiger partial charge in [-0.3, -0.25) is 10.1 Å². The van der Waals surface area contributed by atoms with Crippen LogP contribution in [0.5, 0.6) is 5.75 Å². The number of hydrogen-bond donors (Lipinski definition) is 1. The molecule has 0 heterocycles. The molecular formula is C13H18N2O3. The molecule has 1 rings (SSSR count). The van der Waals surface area contributed by atoms with Gasteiger partial charge < -0.3 is 10.1 Å². The fraction of sp³-hybridized carbons (Fsp3) is 0.385. The van der Waals surface area contributed by atoms with Crippen molar-refractivity contribution in [1.29, 1.82) is 0 Å². The van der Waals surface area contributed by atoms with Crippen molar-refractivity contribution in [3.05, 3.63) is 46.0 Å². The number of nitrogens with zero attached hydrogens (tertiary/aromatic N) is 1. The molecule has 0 aliphatic carbocycles. The predicted molar refractivity (Wildman–Crippen MR) is 70.8 cm³/mol. The lowest BCUT2D eigenvalue weighted by atomic mass is 10.2. The highest BCUT2D eigenvalue weighted by Gasteiger charge is 2.15. The van der Waals surface area contributed by atoms with Gasteiger partial charge in [0, 0.05) is 12.6 Å². The third-order valence-corrected chi connectivity index (χ3v) is 2.37. The molecule has 0 radical (unpaired) electrons. The van der Waals surface area contributed by atoms with Crippen molar-refractivity contribution >= 4 is 5.69 Å². The van der Waals surface area contributed by atoms with Crippen LogP contribution in [0.15, 0.2) is 30.4 Å². The van der Waals surface area contributed by atoms with Crippen LogP contribution < -0.4 is 10.1 Å². The van der Waals surface area contributed by atoms with Crippen LogP contribution in [0.3, 0.4) is 0 Å². The van der Waals surface area contributed by atoms with Crippen LogP contribution in [0, 0.1) is 10.1 Å². The first kappa shape index (κ1) is 14.2. The number of ether oxygens (including phenoxy) is 1. The van der Waals surface area contributed by atoms with Crippen LogP contribution in [-0.2, 0) is 6.54 Å². The number of nitro groups is 1. The summed E-state index contributed by atoms with van der Waals surface area (Å²) >= 11 is 0. The van der Waals surface area contributed by atoms with Crippen molar-refractivity contribution in [2.24, 2.45) is 0 Å². The van der Waals surface area contributed by atoms with Crippen LogP contribution in [0.25, 0.3) is 0 Å². The zero-order chi connectivity index (χ0) is 13.4. The normalized spacial score (nSPS) is 10.8. The average Bonchev–Trinajstić information content (AvgIpc) is 2.36. The fourth-order valence-electron chi connectivity index (χ4n) is 1.44. The molecule has 0 fully saturated rings. The predicted octanol–water partition coefficient (Wildman–Crippen LogP) is 2.66. The molecule has 0 aliphatic rings. The Morgan fingerprint density at radius 1 is 1.50 bits per heavy atom. The van der Waals surface area contributed by atoms with Gasteiger partial charge in [0.1, 0.15) is 6.61 Å². The molecule has 98 valence electrons. The molecule has 5 heteroatoms. The first-order valence-electron chi connectivity index (χ1n) is 5.91. The lowest BCUT2D eigenvalue weighted by Gasteiger charge is -2.07. The first-order chi connectivity index (χ1) is 8.69. The highest BCUT2D eigenvalue weighted by molar-refractivity contribution is 5.48. The maximum Gasteiger partial charge on any atom is 0.310 e. The molecule has 18 heavy (non-hydrogen) atoms. The smallest absolute Gasteiger partial charge is 0.310 e. The summed E-state index contributed by atoms with van der Waals surface area (Å²) in [6.45, 7) is 5.75. The number of nitro benzene ring substituents is 1. The molecule has 0 atom stereocenters. The third kappa shape index (κ3) is 4.18. The van der Waals surface area contributed by atoms with Crippen LogP contribution >= 0.6 is 0 Å². The largest absolute Gasteiger partial charge is 0.483 e. The van der Waals surface area contributed by atoms with Gasteiger partial charge >= 0.3 is 5.69 Å². The number of hydrogen-bond acceptors (Lipinski definition) is 4. The molecule has 0 bridgehead atoms. The summed E-state index contributed by atoms with van der Waals surface area (Å²) < 4.78 is 5.40. The summed E-state index contributed by atoms with van der Waals surface area (Å²) in [6.07, 6.45) is 3.65. The van der Waals surface area contributed by atoms with E-state index in [9.17, 15) is 10.1 Å². The van der Waals surface area contributed by atoms with Crippen molar-refractivity contribution in [3.63, 3.8) is 0 Å². The van der Waals surface area contributed by atoms with E-state index in [4.69, 9.17) is 4.74 Å². The molecule has 0 amide bonds. The Labute approximate surface area is 107 Å². The summed E-state index contributed by atoms with van der Waals surface area (Å²) in [5.41, 5.74) is 0.970. The Balaban J connectivity index is 2.88. The van der Waals surface area contributed by atoms with Gasteiger partial charge in [0.25, 0.3) is 0 Å². The standard InChI is InChI=1S/C13H18N2O3/c1-3-5-8-18-13-9-11(10-14-4-2)6-7-12(13)15(16)17/h3,5-7,9,14H,4,8,10H2,1-2H3. The van der Waals surface area contributed by atoms with Gasteiger partial charge in [-0.1, -0.05) is 25.1 Å². The van der Waals surface area contributed by atoms with E-state index in [1.807, 2.05) is 19.9 Å². The van der Waals surface area contributed by atoms with E-state index in [-0.39, 0.29) is 5.69 Å². The van der Waals surface area contributed by atoms with E-state index in [1.54, 1.807) is 18.2 Å². The molecular weight excluding hydrogens is 232 g/mol. The Kier molecular flexibility index (Phi) is 5.87. The van der Waals surface area contributed by atoms with Crippen LogP contribution in [-0.4, -0.2) is 18.1 Å². The van der Waals surface area contributed by atoms with Gasteiger partial charge in [-0.2, -0.15) is 0 Å². The highest BCUT2D eigenvalue weighted by Crippen LogP contribution is 2.27. The van der Waals surface area contributed by atoms with E-state index < -0.39 is 4.92 Å². The monoisotopic (exact) mass is 250 g/mol. The Bertz CT molecular complexity index is 430. The zero-order valence-corrected chi connectivity index (χ0v) is 10.7. The molecule has 0 unspecified atom stereocenters. The molecule has 1 aromatic rings. The molecule has 0 saturated carbocycles. The molecule has 0 saturated heterocycles. The molecule has 0 aromatic heterocycles. The summed E-state index contributed by atoms with van der Waals surface area (Å²) in [5.74, 6) is 0.313. The van der Waals surface area contributed by atoms with Crippen molar-refractivity contribution in [3.8, 4) is 5.75 Å². The van der Waals surface area contributed by atoms with Gasteiger partial charge in [-0.15, -0.1) is 0 Å². The van der Waals surface area contributed by atoms with E-state index in [0.717, 1.165) is 12.1 Å². The van der Waals surface area contributed by atoms with E-state index in [1.165, 1.54) is 6.07 Å². The van der Waals surface area contributed by atoms with Gasteiger partial charge in [-0.25, -0.2) is 0 Å². The second-order valence-corrected chi connectivity index (χ2v) is 3.72. The second-order valence-electron chi connectivity index (χ2n) is 3.72. The molecule has 5 nitrogen and oxygen atoms in total. The number of benzene rings is 1. The third-order valence-electron chi connectivity index (χ3n) is 2.37. The van der Waals surface area contributed by atoms with Crippen molar-refractivity contribution in [2.75, 3.05) is 13.2 Å².